The highest BCUT2D eigenvalue weighted by molar-refractivity contribution is 9.10. The highest BCUT2D eigenvalue weighted by atomic mass is 79.9. The van der Waals surface area contributed by atoms with Gasteiger partial charge < -0.3 is 14.2 Å². The largest absolute Gasteiger partial charge is 0.450 e. The van der Waals surface area contributed by atoms with Crippen LogP contribution in [0.2, 0.25) is 5.02 Å². The van der Waals surface area contributed by atoms with Gasteiger partial charge in [-0.15, -0.1) is 0 Å². The SMILES string of the molecule is O=C(/C=C/c1ccc(Br)o1)N1CCN(c2cnn(-c3ccccc3)c(=O)c2Cl)CC1. The van der Waals surface area contributed by atoms with E-state index in [1.807, 2.05) is 23.1 Å². The van der Waals surface area contributed by atoms with Crippen LogP contribution in [0.15, 0.2) is 68.6 Å². The summed E-state index contributed by atoms with van der Waals surface area (Å²) in [6.07, 6.45) is 4.74. The van der Waals surface area contributed by atoms with E-state index in [1.54, 1.807) is 41.4 Å². The van der Waals surface area contributed by atoms with Gasteiger partial charge in [0.05, 0.1) is 17.6 Å². The van der Waals surface area contributed by atoms with Crippen molar-refractivity contribution in [1.29, 1.82) is 0 Å². The van der Waals surface area contributed by atoms with Gasteiger partial charge in [-0.05, 0) is 46.3 Å². The Morgan fingerprint density at radius 3 is 2.50 bits per heavy atom. The van der Waals surface area contributed by atoms with Gasteiger partial charge >= 0.3 is 0 Å². The van der Waals surface area contributed by atoms with Crippen LogP contribution in [0.25, 0.3) is 11.8 Å². The third-order valence-electron chi connectivity index (χ3n) is 4.82. The first kappa shape index (κ1) is 20.4. The number of halogens is 2. The Bertz CT molecular complexity index is 1130. The molecule has 1 aliphatic heterocycles. The van der Waals surface area contributed by atoms with Crippen LogP contribution in [0, 0.1) is 0 Å². The molecule has 30 heavy (non-hydrogen) atoms. The number of benzene rings is 1. The summed E-state index contributed by atoms with van der Waals surface area (Å²) in [4.78, 5) is 28.8. The maximum absolute atomic E-state index is 12.7. The van der Waals surface area contributed by atoms with E-state index in [0.717, 1.165) is 0 Å². The molecule has 154 valence electrons. The zero-order valence-electron chi connectivity index (χ0n) is 15.9. The molecule has 0 bridgehead atoms. The number of furan rings is 1. The number of rotatable bonds is 4. The molecule has 3 aromatic rings. The predicted molar refractivity (Wildman–Crippen MR) is 119 cm³/mol. The Morgan fingerprint density at radius 1 is 1.10 bits per heavy atom. The molecule has 1 aliphatic rings. The minimum absolute atomic E-state index is 0.0918. The minimum Gasteiger partial charge on any atom is -0.450 e. The first-order valence-electron chi connectivity index (χ1n) is 9.33. The summed E-state index contributed by atoms with van der Waals surface area (Å²) < 4.78 is 7.25. The lowest BCUT2D eigenvalue weighted by molar-refractivity contribution is -0.126. The van der Waals surface area contributed by atoms with Gasteiger partial charge in [0, 0.05) is 32.3 Å². The van der Waals surface area contributed by atoms with E-state index in [0.29, 0.717) is 48.0 Å². The highest BCUT2D eigenvalue weighted by Gasteiger charge is 2.23. The molecule has 1 amide bonds. The second-order valence-corrected chi connectivity index (χ2v) is 7.84. The molecule has 3 heterocycles. The number of anilines is 1. The fourth-order valence-corrected chi connectivity index (χ4v) is 3.81. The lowest BCUT2D eigenvalue weighted by Gasteiger charge is -2.35. The molecule has 7 nitrogen and oxygen atoms in total. The van der Waals surface area contributed by atoms with Gasteiger partial charge in [0.2, 0.25) is 5.91 Å². The predicted octanol–water partition coefficient (Wildman–Crippen LogP) is 3.60. The van der Waals surface area contributed by atoms with Crippen molar-refractivity contribution in [2.24, 2.45) is 0 Å². The van der Waals surface area contributed by atoms with E-state index >= 15 is 0 Å². The van der Waals surface area contributed by atoms with Gasteiger partial charge in [-0.25, -0.2) is 0 Å². The van der Waals surface area contributed by atoms with E-state index < -0.39 is 0 Å². The number of amides is 1. The lowest BCUT2D eigenvalue weighted by atomic mass is 10.2. The van der Waals surface area contributed by atoms with Crippen molar-refractivity contribution in [3.63, 3.8) is 0 Å². The normalized spacial score (nSPS) is 14.5. The minimum atomic E-state index is -0.369. The van der Waals surface area contributed by atoms with Crippen LogP contribution < -0.4 is 10.5 Å². The van der Waals surface area contributed by atoms with Gasteiger partial charge in [-0.2, -0.15) is 9.78 Å². The highest BCUT2D eigenvalue weighted by Crippen LogP contribution is 2.23. The molecule has 4 rings (SSSR count). The number of nitrogens with zero attached hydrogens (tertiary/aromatic N) is 4. The maximum atomic E-state index is 12.7. The molecule has 2 aromatic heterocycles. The number of para-hydroxylation sites is 1. The number of carbonyl (C=O) groups excluding carboxylic acids is 1. The Hall–Kier alpha value is -2.84. The zero-order valence-corrected chi connectivity index (χ0v) is 18.2. The fourth-order valence-electron chi connectivity index (χ4n) is 3.24. The van der Waals surface area contributed by atoms with Gasteiger partial charge in [-0.1, -0.05) is 29.8 Å². The molecule has 9 heteroatoms. The number of carbonyl (C=O) groups is 1. The molecule has 0 aliphatic carbocycles. The van der Waals surface area contributed by atoms with Crippen LogP contribution in [0.1, 0.15) is 5.76 Å². The molecule has 0 atom stereocenters. The Balaban J connectivity index is 1.43. The monoisotopic (exact) mass is 488 g/mol. The molecule has 0 N–H and O–H groups in total. The summed E-state index contributed by atoms with van der Waals surface area (Å²) in [5.41, 5.74) is 0.866. The van der Waals surface area contributed by atoms with Crippen LogP contribution in [0.4, 0.5) is 5.69 Å². The van der Waals surface area contributed by atoms with E-state index in [-0.39, 0.29) is 16.5 Å². The van der Waals surface area contributed by atoms with Crippen molar-refractivity contribution in [2.75, 3.05) is 31.1 Å². The second kappa shape index (κ2) is 8.89. The molecule has 0 spiro atoms. The van der Waals surface area contributed by atoms with Crippen molar-refractivity contribution in [2.45, 2.75) is 0 Å². The van der Waals surface area contributed by atoms with Crippen LogP contribution in [0.3, 0.4) is 0 Å². The van der Waals surface area contributed by atoms with Crippen molar-refractivity contribution in [1.82, 2.24) is 14.7 Å². The summed E-state index contributed by atoms with van der Waals surface area (Å²) in [5.74, 6) is 0.511. The van der Waals surface area contributed by atoms with E-state index in [2.05, 4.69) is 21.0 Å². The first-order valence-corrected chi connectivity index (χ1v) is 10.5. The van der Waals surface area contributed by atoms with Gasteiger partial charge in [-0.3, -0.25) is 9.59 Å². The fraction of sp³-hybridized carbons (Fsp3) is 0.190. The van der Waals surface area contributed by atoms with E-state index in [9.17, 15) is 9.59 Å². The Labute approximate surface area is 186 Å². The van der Waals surface area contributed by atoms with Crippen LogP contribution >= 0.6 is 27.5 Å². The van der Waals surface area contributed by atoms with Gasteiger partial charge in [0.25, 0.3) is 5.56 Å². The summed E-state index contributed by atoms with van der Waals surface area (Å²) in [7, 11) is 0. The molecule has 0 saturated carbocycles. The standard InChI is InChI=1S/C21H18BrClN4O3/c22-18-8-6-16(30-18)7-9-19(28)26-12-10-25(11-13-26)17-14-24-27(21(29)20(17)23)15-4-2-1-3-5-15/h1-9,14H,10-13H2/b9-7+. The number of hydrogen-bond donors (Lipinski definition) is 0. The van der Waals surface area contributed by atoms with Crippen LogP contribution in [-0.4, -0.2) is 46.8 Å². The van der Waals surface area contributed by atoms with Crippen molar-refractivity contribution in [3.05, 3.63) is 80.5 Å². The Kier molecular flexibility index (Phi) is 6.06. The lowest BCUT2D eigenvalue weighted by Crippen LogP contribution is -2.48. The van der Waals surface area contributed by atoms with Gasteiger partial charge in [0.1, 0.15) is 10.8 Å². The summed E-state index contributed by atoms with van der Waals surface area (Å²) in [5, 5.41) is 4.40. The van der Waals surface area contributed by atoms with Crippen molar-refractivity contribution in [3.8, 4) is 5.69 Å². The van der Waals surface area contributed by atoms with Crippen LogP contribution in [-0.2, 0) is 4.79 Å². The smallest absolute Gasteiger partial charge is 0.292 e. The topological polar surface area (TPSA) is 71.6 Å². The van der Waals surface area contributed by atoms with Gasteiger partial charge in [0.15, 0.2) is 4.67 Å². The van der Waals surface area contributed by atoms with E-state index in [1.165, 1.54) is 10.8 Å². The number of hydrogen-bond acceptors (Lipinski definition) is 5. The number of aromatic nitrogens is 2. The summed E-state index contributed by atoms with van der Waals surface area (Å²) >= 11 is 9.61. The third kappa shape index (κ3) is 4.34. The maximum Gasteiger partial charge on any atom is 0.292 e. The summed E-state index contributed by atoms with van der Waals surface area (Å²) in [6, 6.07) is 12.7. The molecule has 1 fully saturated rings. The molecule has 1 saturated heterocycles. The molecular weight excluding hydrogens is 472 g/mol. The zero-order chi connectivity index (χ0) is 21.1. The van der Waals surface area contributed by atoms with Crippen molar-refractivity contribution < 1.29 is 9.21 Å². The molecule has 0 radical (unpaired) electrons. The molecule has 1 aromatic carbocycles. The molecule has 0 unspecified atom stereocenters. The van der Waals surface area contributed by atoms with Crippen molar-refractivity contribution >= 4 is 45.2 Å². The quantitative estimate of drug-likeness (QED) is 0.524. The summed E-state index contributed by atoms with van der Waals surface area (Å²) in [6.45, 7) is 2.15. The second-order valence-electron chi connectivity index (χ2n) is 6.68. The van der Waals surface area contributed by atoms with E-state index in [4.69, 9.17) is 16.0 Å². The number of piperazine rings is 1. The molecular formula is C21H18BrClN4O3. The average molecular weight is 490 g/mol. The van der Waals surface area contributed by atoms with Crippen LogP contribution in [0.5, 0.6) is 0 Å². The third-order valence-corrected chi connectivity index (χ3v) is 5.60. The first-order chi connectivity index (χ1) is 14.5. The average Bonchev–Trinajstić information content (AvgIpc) is 3.20. The Morgan fingerprint density at radius 2 is 1.83 bits per heavy atom.